The van der Waals surface area contributed by atoms with Gasteiger partial charge in [-0.1, -0.05) is 37.7 Å². The van der Waals surface area contributed by atoms with Gasteiger partial charge in [0.1, 0.15) is 5.82 Å². The van der Waals surface area contributed by atoms with Crippen LogP contribution in [0.1, 0.15) is 55.1 Å². The lowest BCUT2D eigenvalue weighted by molar-refractivity contribution is -0.138. The van der Waals surface area contributed by atoms with Crippen LogP contribution < -0.4 is 10.9 Å². The van der Waals surface area contributed by atoms with Gasteiger partial charge in [0, 0.05) is 11.4 Å². The van der Waals surface area contributed by atoms with Crippen LogP contribution in [0.5, 0.6) is 0 Å². The number of benzene rings is 1. The van der Waals surface area contributed by atoms with E-state index in [0.29, 0.717) is 44.9 Å². The van der Waals surface area contributed by atoms with Crippen LogP contribution in [0.3, 0.4) is 0 Å². The van der Waals surface area contributed by atoms with Gasteiger partial charge < -0.3 is 19.8 Å². The molecule has 3 rings (SSSR count). The Bertz CT molecular complexity index is 1110. The molecule has 2 aromatic rings. The van der Waals surface area contributed by atoms with Gasteiger partial charge in [0.05, 0.1) is 36.3 Å². The topological polar surface area (TPSA) is 110 Å². The first-order chi connectivity index (χ1) is 15.3. The lowest BCUT2D eigenvalue weighted by Gasteiger charge is -2.29. The molecule has 0 unspecified atom stereocenters. The van der Waals surface area contributed by atoms with Crippen LogP contribution in [0.15, 0.2) is 45.5 Å². The fourth-order valence-corrected chi connectivity index (χ4v) is 4.30. The zero-order chi connectivity index (χ0) is 23.4. The molecule has 0 fully saturated rings. The standard InChI is InChI=1S/C23H27N3O5S/c1-6-31-22(29)16-13(4)24-19-18(20(27)26-23(25-19)32-11-12(2)3)17(16)14-7-9-15(10-8-14)21(28)30-5/h7-10,12,17H,6,11H2,1-5H3,(H2,24,25,26,27)/t17-/m0/s1. The predicted molar refractivity (Wildman–Crippen MR) is 123 cm³/mol. The summed E-state index contributed by atoms with van der Waals surface area (Å²) in [7, 11) is 1.31. The van der Waals surface area contributed by atoms with Crippen molar-refractivity contribution in [3.8, 4) is 0 Å². The molecule has 0 bridgehead atoms. The third-order valence-electron chi connectivity index (χ3n) is 4.93. The summed E-state index contributed by atoms with van der Waals surface area (Å²) in [6, 6.07) is 6.63. The van der Waals surface area contributed by atoms with Gasteiger partial charge in [-0.2, -0.15) is 0 Å². The number of hydrogen-bond acceptors (Lipinski definition) is 8. The third kappa shape index (κ3) is 4.88. The number of carbonyl (C=O) groups is 2. The number of rotatable bonds is 7. The smallest absolute Gasteiger partial charge is 0.337 e. The van der Waals surface area contributed by atoms with Crippen LogP contribution in [0.4, 0.5) is 5.82 Å². The van der Waals surface area contributed by atoms with Crippen molar-refractivity contribution in [2.24, 2.45) is 5.92 Å². The largest absolute Gasteiger partial charge is 0.465 e. The van der Waals surface area contributed by atoms with Crippen LogP contribution in [-0.2, 0) is 14.3 Å². The first-order valence-electron chi connectivity index (χ1n) is 10.4. The molecule has 1 aromatic carbocycles. The van der Waals surface area contributed by atoms with Crippen LogP contribution in [0.2, 0.25) is 0 Å². The van der Waals surface area contributed by atoms with Crippen LogP contribution in [-0.4, -0.2) is 41.4 Å². The zero-order valence-corrected chi connectivity index (χ0v) is 19.6. The number of hydrogen-bond donors (Lipinski definition) is 2. The predicted octanol–water partition coefficient (Wildman–Crippen LogP) is 3.70. The third-order valence-corrected chi connectivity index (χ3v) is 6.23. The highest BCUT2D eigenvalue weighted by Gasteiger charge is 2.36. The van der Waals surface area contributed by atoms with E-state index in [4.69, 9.17) is 9.47 Å². The minimum atomic E-state index is -0.697. The van der Waals surface area contributed by atoms with Gasteiger partial charge in [0.15, 0.2) is 5.16 Å². The summed E-state index contributed by atoms with van der Waals surface area (Å²) in [5.41, 5.74) is 1.94. The van der Waals surface area contributed by atoms with Crippen molar-refractivity contribution in [3.63, 3.8) is 0 Å². The van der Waals surface area contributed by atoms with Gasteiger partial charge in [-0.3, -0.25) is 4.79 Å². The summed E-state index contributed by atoms with van der Waals surface area (Å²) in [5, 5.41) is 3.63. The number of H-pyrrole nitrogens is 1. The number of anilines is 1. The van der Waals surface area contributed by atoms with E-state index in [1.54, 1.807) is 38.1 Å². The number of aromatic nitrogens is 2. The average molecular weight is 458 g/mol. The molecule has 2 heterocycles. The first kappa shape index (κ1) is 23.6. The van der Waals surface area contributed by atoms with Gasteiger partial charge in [0.25, 0.3) is 5.56 Å². The monoisotopic (exact) mass is 457 g/mol. The summed E-state index contributed by atoms with van der Waals surface area (Å²) in [5.74, 6) is -0.0190. The SMILES string of the molecule is CCOC(=O)C1=C(C)Nc2nc(SCC(C)C)[nH]c(=O)c2[C@H]1c1ccc(C(=O)OC)cc1. The number of ether oxygens (including phenoxy) is 2. The van der Waals surface area contributed by atoms with Crippen molar-refractivity contribution < 1.29 is 19.1 Å². The molecule has 0 spiro atoms. The number of nitrogens with zero attached hydrogens (tertiary/aromatic N) is 1. The maximum atomic E-state index is 13.2. The van der Waals surface area contributed by atoms with Gasteiger partial charge in [-0.25, -0.2) is 14.6 Å². The van der Waals surface area contributed by atoms with Crippen molar-refractivity contribution in [3.05, 3.63) is 62.6 Å². The summed E-state index contributed by atoms with van der Waals surface area (Å²) in [6.07, 6.45) is 0. The van der Waals surface area contributed by atoms with E-state index in [9.17, 15) is 14.4 Å². The highest BCUT2D eigenvalue weighted by molar-refractivity contribution is 7.99. The second kappa shape index (κ2) is 10.0. The summed E-state index contributed by atoms with van der Waals surface area (Å²) >= 11 is 1.47. The number of nitrogens with one attached hydrogen (secondary N) is 2. The van der Waals surface area contributed by atoms with E-state index < -0.39 is 17.9 Å². The number of allylic oxidation sites excluding steroid dienone is 1. The Hall–Kier alpha value is -3.07. The number of methoxy groups -OCH3 is 1. The van der Waals surface area contributed by atoms with Crippen molar-refractivity contribution in [2.45, 2.75) is 38.8 Å². The highest BCUT2D eigenvalue weighted by atomic mass is 32.2. The molecular formula is C23H27N3O5S. The fourth-order valence-electron chi connectivity index (χ4n) is 3.49. The second-order valence-electron chi connectivity index (χ2n) is 7.77. The molecule has 9 heteroatoms. The summed E-state index contributed by atoms with van der Waals surface area (Å²) in [6.45, 7) is 7.87. The number of aromatic amines is 1. The van der Waals surface area contributed by atoms with E-state index >= 15 is 0 Å². The average Bonchev–Trinajstić information content (AvgIpc) is 2.76. The molecular weight excluding hydrogens is 430 g/mol. The van der Waals surface area contributed by atoms with Crippen molar-refractivity contribution in [1.82, 2.24) is 9.97 Å². The molecule has 0 radical (unpaired) electrons. The van der Waals surface area contributed by atoms with Crippen LogP contribution >= 0.6 is 11.8 Å². The molecule has 8 nitrogen and oxygen atoms in total. The Balaban J connectivity index is 2.14. The van der Waals surface area contributed by atoms with Crippen molar-refractivity contribution >= 4 is 29.5 Å². The molecule has 0 saturated carbocycles. The molecule has 1 atom stereocenters. The van der Waals surface area contributed by atoms with Crippen LogP contribution in [0, 0.1) is 5.92 Å². The molecule has 0 amide bonds. The Labute approximate surface area is 190 Å². The Kier molecular flexibility index (Phi) is 7.40. The Morgan fingerprint density at radius 1 is 1.19 bits per heavy atom. The molecule has 1 aromatic heterocycles. The molecule has 0 saturated heterocycles. The summed E-state index contributed by atoms with van der Waals surface area (Å²) in [4.78, 5) is 45.3. The molecule has 32 heavy (non-hydrogen) atoms. The fraction of sp³-hybridized carbons (Fsp3) is 0.391. The zero-order valence-electron chi connectivity index (χ0n) is 18.8. The lowest BCUT2D eigenvalue weighted by Crippen LogP contribution is -2.31. The molecule has 0 aliphatic carbocycles. The molecule has 1 aliphatic heterocycles. The molecule has 170 valence electrons. The minimum Gasteiger partial charge on any atom is -0.465 e. The Morgan fingerprint density at radius 2 is 1.88 bits per heavy atom. The van der Waals surface area contributed by atoms with E-state index in [1.807, 2.05) is 0 Å². The summed E-state index contributed by atoms with van der Waals surface area (Å²) < 4.78 is 10.0. The molecule has 2 N–H and O–H groups in total. The van der Waals surface area contributed by atoms with Gasteiger partial charge in [-0.15, -0.1) is 0 Å². The van der Waals surface area contributed by atoms with E-state index in [1.165, 1.54) is 18.9 Å². The number of esters is 2. The quantitative estimate of drug-likeness (QED) is 0.368. The molecule has 1 aliphatic rings. The maximum absolute atomic E-state index is 13.2. The van der Waals surface area contributed by atoms with Gasteiger partial charge in [0.2, 0.25) is 0 Å². The van der Waals surface area contributed by atoms with Crippen LogP contribution in [0.25, 0.3) is 0 Å². The number of fused-ring (bicyclic) bond motifs is 1. The lowest BCUT2D eigenvalue weighted by atomic mass is 9.82. The number of thioether (sulfide) groups is 1. The van der Waals surface area contributed by atoms with Crippen molar-refractivity contribution in [2.75, 3.05) is 24.8 Å². The van der Waals surface area contributed by atoms with E-state index in [0.717, 1.165) is 5.75 Å². The highest BCUT2D eigenvalue weighted by Crippen LogP contribution is 2.40. The van der Waals surface area contributed by atoms with Gasteiger partial charge >= 0.3 is 11.9 Å². The normalized spacial score (nSPS) is 15.2. The van der Waals surface area contributed by atoms with Crippen molar-refractivity contribution in [1.29, 1.82) is 0 Å². The van der Waals surface area contributed by atoms with Gasteiger partial charge in [-0.05, 0) is 37.5 Å². The minimum absolute atomic E-state index is 0.204. The number of carbonyl (C=O) groups excluding carboxylic acids is 2. The first-order valence-corrected chi connectivity index (χ1v) is 11.4. The maximum Gasteiger partial charge on any atom is 0.337 e. The van der Waals surface area contributed by atoms with E-state index in [-0.39, 0.29) is 12.2 Å². The van der Waals surface area contributed by atoms with E-state index in [2.05, 4.69) is 29.1 Å². The second-order valence-corrected chi connectivity index (χ2v) is 8.78. The Morgan fingerprint density at radius 3 is 2.47 bits per heavy atom.